The standard InChI is InChI=1S/C21H17ClN2O5/c22-9-18(25)24-15(21(26)27)8-13-12-3-1-2-4-14(12)23-19(13)20(24)11-5-6-16-17(7-11)29-10-28-16/h1-7,15,20,23H,8-10H2,(H,26,27)/i9+1,10D2. The molecule has 2 aliphatic heterocycles. The van der Waals surface area contributed by atoms with E-state index in [-0.39, 0.29) is 23.8 Å². The van der Waals surface area contributed by atoms with Gasteiger partial charge in [-0.25, -0.2) is 4.79 Å². The van der Waals surface area contributed by atoms with Crippen molar-refractivity contribution < 1.29 is 26.9 Å². The molecule has 2 aliphatic rings. The zero-order chi connectivity index (χ0) is 21.9. The van der Waals surface area contributed by atoms with Crippen molar-refractivity contribution >= 4 is 34.4 Å². The number of fused-ring (bicyclic) bond motifs is 4. The van der Waals surface area contributed by atoms with Gasteiger partial charge in [0, 0.05) is 23.0 Å². The fourth-order valence-corrected chi connectivity index (χ4v) is 4.31. The van der Waals surface area contributed by atoms with Crippen LogP contribution in [0.15, 0.2) is 42.5 Å². The van der Waals surface area contributed by atoms with E-state index >= 15 is 0 Å². The van der Waals surface area contributed by atoms with Crippen LogP contribution in [0.2, 0.25) is 0 Å². The number of hydrogen-bond donors (Lipinski definition) is 2. The van der Waals surface area contributed by atoms with Crippen LogP contribution in [0.1, 0.15) is 25.6 Å². The second-order valence-electron chi connectivity index (χ2n) is 6.95. The summed E-state index contributed by atoms with van der Waals surface area (Å²) in [6.45, 7) is -2.30. The summed E-state index contributed by atoms with van der Waals surface area (Å²) in [5.74, 6) is -1.61. The average molecular weight is 416 g/mol. The molecule has 0 radical (unpaired) electrons. The van der Waals surface area contributed by atoms with Crippen molar-refractivity contribution in [3.05, 3.63) is 59.3 Å². The number of carbonyl (C=O) groups excluding carboxylic acids is 1. The number of nitrogens with one attached hydrogen (secondary N) is 1. The number of H-pyrrole nitrogens is 1. The number of aromatic amines is 1. The van der Waals surface area contributed by atoms with Crippen molar-refractivity contribution in [2.24, 2.45) is 0 Å². The second kappa shape index (κ2) is 6.70. The molecule has 8 heteroatoms. The van der Waals surface area contributed by atoms with E-state index in [1.807, 2.05) is 24.3 Å². The first-order valence-corrected chi connectivity index (χ1v) is 9.54. The Morgan fingerprint density at radius 1 is 1.24 bits per heavy atom. The summed E-state index contributed by atoms with van der Waals surface area (Å²) in [5.41, 5.74) is 2.90. The van der Waals surface area contributed by atoms with Gasteiger partial charge in [-0.2, -0.15) is 0 Å². The monoisotopic (exact) mass is 415 g/mol. The average Bonchev–Trinajstić information content (AvgIpc) is 3.26. The van der Waals surface area contributed by atoms with Gasteiger partial charge < -0.3 is 24.5 Å². The van der Waals surface area contributed by atoms with Gasteiger partial charge in [0.25, 0.3) is 0 Å². The van der Waals surface area contributed by atoms with Crippen molar-refractivity contribution in [3.63, 3.8) is 0 Å². The number of para-hydroxylation sites is 1. The summed E-state index contributed by atoms with van der Waals surface area (Å²) in [4.78, 5) is 29.6. The number of carboxylic acid groups (broad SMARTS) is 1. The van der Waals surface area contributed by atoms with Crippen LogP contribution in [0.25, 0.3) is 10.9 Å². The molecule has 0 fully saturated rings. The van der Waals surface area contributed by atoms with Gasteiger partial charge in [0.2, 0.25) is 12.7 Å². The minimum Gasteiger partial charge on any atom is -0.480 e. The van der Waals surface area contributed by atoms with Gasteiger partial charge in [-0.3, -0.25) is 4.79 Å². The van der Waals surface area contributed by atoms with Gasteiger partial charge in [-0.05, 0) is 29.3 Å². The van der Waals surface area contributed by atoms with Crippen LogP contribution in [0.3, 0.4) is 0 Å². The first-order chi connectivity index (χ1) is 14.8. The Labute approximate surface area is 173 Å². The van der Waals surface area contributed by atoms with Crippen LogP contribution in [0.5, 0.6) is 11.5 Å². The fourth-order valence-electron chi connectivity index (χ4n) is 4.17. The Bertz CT molecular complexity index is 1230. The molecule has 3 heterocycles. The molecule has 0 saturated heterocycles. The largest absolute Gasteiger partial charge is 0.480 e. The van der Waals surface area contributed by atoms with E-state index < -0.39 is 30.7 Å². The number of rotatable bonds is 3. The molecule has 0 aliphatic carbocycles. The van der Waals surface area contributed by atoms with Crippen molar-refractivity contribution in [2.75, 3.05) is 12.6 Å². The highest BCUT2D eigenvalue weighted by Crippen LogP contribution is 2.43. The number of ether oxygens (including phenoxy) is 2. The topological polar surface area (TPSA) is 91.9 Å². The number of amides is 1. The van der Waals surface area contributed by atoms with Crippen LogP contribution in [-0.4, -0.2) is 45.5 Å². The smallest absolute Gasteiger partial charge is 0.326 e. The Morgan fingerprint density at radius 2 is 2.03 bits per heavy atom. The SMILES string of the molecule is [2H]C1([2H])Oc2ccc(C3c4[nH]c5ccccc5c4CC(C(=O)O)N3C(=O)[13CH2]Cl)cc2O1. The maximum atomic E-state index is 12.8. The molecular formula is C21H17ClN2O5. The number of carboxylic acids is 1. The maximum Gasteiger partial charge on any atom is 0.326 e. The number of aliphatic carboxylic acids is 1. The van der Waals surface area contributed by atoms with E-state index in [4.69, 9.17) is 23.8 Å². The summed E-state index contributed by atoms with van der Waals surface area (Å²) < 4.78 is 25.7. The Morgan fingerprint density at radius 3 is 2.83 bits per heavy atom. The van der Waals surface area contributed by atoms with Crippen LogP contribution in [0.4, 0.5) is 0 Å². The number of benzene rings is 2. The van der Waals surface area contributed by atoms with Crippen molar-refractivity contribution in [1.82, 2.24) is 9.88 Å². The quantitative estimate of drug-likeness (QED) is 0.506. The third kappa shape index (κ3) is 2.73. The third-order valence-electron chi connectivity index (χ3n) is 5.41. The summed E-state index contributed by atoms with van der Waals surface area (Å²) in [7, 11) is 0. The summed E-state index contributed by atoms with van der Waals surface area (Å²) in [6.07, 6.45) is 0.140. The maximum absolute atomic E-state index is 12.8. The second-order valence-corrected chi connectivity index (χ2v) is 7.22. The first kappa shape index (κ1) is 15.7. The number of aromatic nitrogens is 1. The summed E-state index contributed by atoms with van der Waals surface area (Å²) in [5, 5.41) is 10.8. The van der Waals surface area contributed by atoms with E-state index in [0.29, 0.717) is 11.3 Å². The Hall–Kier alpha value is -3.19. The fraction of sp³-hybridized carbons (Fsp3) is 0.238. The summed E-state index contributed by atoms with van der Waals surface area (Å²) >= 11 is 5.86. The molecular weight excluding hydrogens is 397 g/mol. The molecule has 1 amide bonds. The van der Waals surface area contributed by atoms with E-state index in [1.165, 1.54) is 4.90 Å². The number of hydrogen-bond acceptors (Lipinski definition) is 4. The Balaban J connectivity index is 1.73. The molecule has 1 aromatic heterocycles. The minimum absolute atomic E-state index is 0.140. The van der Waals surface area contributed by atoms with Gasteiger partial charge in [0.1, 0.15) is 14.7 Å². The molecule has 0 spiro atoms. The molecule has 3 aromatic rings. The number of alkyl halides is 1. The van der Waals surface area contributed by atoms with E-state index in [2.05, 4.69) is 4.98 Å². The highest BCUT2D eigenvalue weighted by Gasteiger charge is 2.43. The molecule has 2 N–H and O–H groups in total. The predicted octanol–water partition coefficient (Wildman–Crippen LogP) is 3.06. The zero-order valence-corrected chi connectivity index (χ0v) is 15.8. The molecule has 5 rings (SSSR count). The number of halogens is 1. The molecule has 0 saturated carbocycles. The van der Waals surface area contributed by atoms with Gasteiger partial charge in [0.05, 0.1) is 6.04 Å². The van der Waals surface area contributed by atoms with Crippen LogP contribution in [-0.2, 0) is 16.0 Å². The minimum atomic E-state index is -2.30. The summed E-state index contributed by atoms with van der Waals surface area (Å²) in [6, 6.07) is 10.4. The lowest BCUT2D eigenvalue weighted by atomic mass is 9.88. The van der Waals surface area contributed by atoms with Gasteiger partial charge in [-0.1, -0.05) is 24.3 Å². The Kier molecular flexibility index (Phi) is 3.63. The van der Waals surface area contributed by atoms with Crippen LogP contribution in [0, 0.1) is 0 Å². The highest BCUT2D eigenvalue weighted by atomic mass is 35.5. The van der Waals surface area contributed by atoms with E-state index in [1.54, 1.807) is 18.2 Å². The normalized spacial score (nSPS) is 22.7. The lowest BCUT2D eigenvalue weighted by molar-refractivity contribution is -0.151. The van der Waals surface area contributed by atoms with Crippen molar-refractivity contribution in [2.45, 2.75) is 18.5 Å². The van der Waals surface area contributed by atoms with Crippen molar-refractivity contribution in [1.29, 1.82) is 0 Å². The molecule has 2 aromatic carbocycles. The third-order valence-corrected chi connectivity index (χ3v) is 5.63. The molecule has 29 heavy (non-hydrogen) atoms. The zero-order valence-electron chi connectivity index (χ0n) is 17.0. The van der Waals surface area contributed by atoms with Gasteiger partial charge in [0.15, 0.2) is 11.5 Å². The van der Waals surface area contributed by atoms with E-state index in [0.717, 1.165) is 16.5 Å². The van der Waals surface area contributed by atoms with Crippen LogP contribution >= 0.6 is 11.6 Å². The van der Waals surface area contributed by atoms with E-state index in [9.17, 15) is 14.7 Å². The highest BCUT2D eigenvalue weighted by molar-refractivity contribution is 6.27. The molecule has 2 atom stereocenters. The van der Waals surface area contributed by atoms with Gasteiger partial charge >= 0.3 is 5.97 Å². The first-order valence-electron chi connectivity index (χ1n) is 10.0. The predicted molar refractivity (Wildman–Crippen MR) is 105 cm³/mol. The number of carbonyl (C=O) groups is 2. The van der Waals surface area contributed by atoms with Gasteiger partial charge in [-0.15, -0.1) is 11.6 Å². The molecule has 148 valence electrons. The van der Waals surface area contributed by atoms with Crippen molar-refractivity contribution in [3.8, 4) is 11.5 Å². The molecule has 7 nitrogen and oxygen atoms in total. The molecule has 2 unspecified atom stereocenters. The number of nitrogens with zero attached hydrogens (tertiary/aromatic N) is 1. The van der Waals surface area contributed by atoms with Crippen LogP contribution < -0.4 is 9.47 Å². The lowest BCUT2D eigenvalue weighted by Crippen LogP contribution is -2.52. The molecule has 0 bridgehead atoms. The lowest BCUT2D eigenvalue weighted by Gasteiger charge is -2.40.